The molecule has 0 radical (unpaired) electrons. The number of aromatic nitrogens is 2. The molecule has 1 aromatic heterocycles. The van der Waals surface area contributed by atoms with Crippen LogP contribution in [0.3, 0.4) is 0 Å². The number of sulfonamides is 1. The van der Waals surface area contributed by atoms with Crippen LogP contribution in [-0.4, -0.2) is 55.5 Å². The summed E-state index contributed by atoms with van der Waals surface area (Å²) in [6, 6.07) is 4.42. The Balaban J connectivity index is 1.66. The van der Waals surface area contributed by atoms with Gasteiger partial charge in [-0.1, -0.05) is 0 Å². The molecule has 0 saturated heterocycles. The van der Waals surface area contributed by atoms with E-state index in [2.05, 4.69) is 15.7 Å². The minimum absolute atomic E-state index is 0.0176. The SMILES string of the molecule is CC(=O)NC[C@H]1CN(S(=O)(=O)c2cn(C(F)F)nc2C)c2cc(NC(=O)OC3CCCC3)ccc2O1. The Kier molecular flexibility index (Phi) is 7.33. The fraction of sp³-hybridized carbons (Fsp3) is 0.500. The smallest absolute Gasteiger partial charge is 0.411 e. The Bertz CT molecular complexity index is 1250. The fourth-order valence-electron chi connectivity index (χ4n) is 4.22. The maximum absolute atomic E-state index is 13.6. The van der Waals surface area contributed by atoms with Crippen LogP contribution in [0.15, 0.2) is 29.3 Å². The van der Waals surface area contributed by atoms with Gasteiger partial charge in [0.25, 0.3) is 10.0 Å². The molecule has 1 saturated carbocycles. The molecule has 2 heterocycles. The van der Waals surface area contributed by atoms with Crippen LogP contribution in [0, 0.1) is 6.92 Å². The lowest BCUT2D eigenvalue weighted by Crippen LogP contribution is -2.48. The number of nitrogens with one attached hydrogen (secondary N) is 2. The van der Waals surface area contributed by atoms with E-state index in [0.717, 1.165) is 36.2 Å². The molecule has 2 amide bonds. The molecule has 2 aromatic rings. The van der Waals surface area contributed by atoms with Crippen LogP contribution in [-0.2, 0) is 19.6 Å². The van der Waals surface area contributed by atoms with Crippen LogP contribution in [0.1, 0.15) is 44.9 Å². The van der Waals surface area contributed by atoms with Gasteiger partial charge in [-0.15, -0.1) is 0 Å². The van der Waals surface area contributed by atoms with E-state index >= 15 is 0 Å². The van der Waals surface area contributed by atoms with E-state index in [0.29, 0.717) is 0 Å². The van der Waals surface area contributed by atoms with Crippen molar-refractivity contribution in [1.29, 1.82) is 0 Å². The maximum atomic E-state index is 13.6. The second-order valence-corrected chi connectivity index (χ2v) is 10.5. The average Bonchev–Trinajstić information content (AvgIpc) is 3.47. The first-order valence-corrected chi connectivity index (χ1v) is 12.9. The van der Waals surface area contributed by atoms with Gasteiger partial charge in [0.15, 0.2) is 0 Å². The summed E-state index contributed by atoms with van der Waals surface area (Å²) in [7, 11) is -4.37. The predicted octanol–water partition coefficient (Wildman–Crippen LogP) is 3.17. The minimum Gasteiger partial charge on any atom is -0.484 e. The van der Waals surface area contributed by atoms with Crippen molar-refractivity contribution in [3.63, 3.8) is 0 Å². The number of nitrogens with zero attached hydrogens (tertiary/aromatic N) is 3. The molecule has 2 aliphatic rings. The van der Waals surface area contributed by atoms with Crippen LogP contribution in [0.5, 0.6) is 5.75 Å². The maximum Gasteiger partial charge on any atom is 0.411 e. The van der Waals surface area contributed by atoms with Crippen LogP contribution >= 0.6 is 0 Å². The van der Waals surface area contributed by atoms with Crippen molar-refractivity contribution in [2.24, 2.45) is 0 Å². The number of carbonyl (C=O) groups is 2. The van der Waals surface area contributed by atoms with Crippen molar-refractivity contribution < 1.29 is 36.3 Å². The molecule has 196 valence electrons. The molecule has 4 rings (SSSR count). The predicted molar refractivity (Wildman–Crippen MR) is 125 cm³/mol. The van der Waals surface area contributed by atoms with Gasteiger partial charge >= 0.3 is 12.6 Å². The summed E-state index contributed by atoms with van der Waals surface area (Å²) in [4.78, 5) is 23.3. The van der Waals surface area contributed by atoms with Gasteiger partial charge in [0, 0.05) is 12.6 Å². The van der Waals surface area contributed by atoms with E-state index in [1.165, 1.54) is 32.0 Å². The normalized spacial score (nSPS) is 18.0. The number of rotatable bonds is 7. The largest absolute Gasteiger partial charge is 0.484 e. The first-order valence-electron chi connectivity index (χ1n) is 11.4. The molecule has 14 heteroatoms. The van der Waals surface area contributed by atoms with Gasteiger partial charge in [0.1, 0.15) is 22.9 Å². The van der Waals surface area contributed by atoms with Crippen molar-refractivity contribution >= 4 is 33.4 Å². The minimum atomic E-state index is -4.37. The van der Waals surface area contributed by atoms with Gasteiger partial charge in [-0.25, -0.2) is 17.9 Å². The number of anilines is 2. The van der Waals surface area contributed by atoms with Gasteiger partial charge in [0.05, 0.1) is 30.7 Å². The highest BCUT2D eigenvalue weighted by molar-refractivity contribution is 7.92. The second kappa shape index (κ2) is 10.3. The number of ether oxygens (including phenoxy) is 2. The van der Waals surface area contributed by atoms with Crippen molar-refractivity contribution in [2.75, 3.05) is 22.7 Å². The molecule has 1 aromatic carbocycles. The molecule has 36 heavy (non-hydrogen) atoms. The zero-order valence-electron chi connectivity index (χ0n) is 19.7. The molecule has 0 unspecified atom stereocenters. The number of aryl methyl sites for hydroxylation is 1. The van der Waals surface area contributed by atoms with Gasteiger partial charge < -0.3 is 14.8 Å². The number of alkyl halides is 2. The topological polar surface area (TPSA) is 132 Å². The molecular weight excluding hydrogens is 500 g/mol. The van der Waals surface area contributed by atoms with Gasteiger partial charge in [-0.2, -0.15) is 13.9 Å². The molecule has 2 N–H and O–H groups in total. The summed E-state index contributed by atoms with van der Waals surface area (Å²) in [5.74, 6) is -0.151. The number of hydrogen-bond donors (Lipinski definition) is 2. The van der Waals surface area contributed by atoms with Gasteiger partial charge in [-0.05, 0) is 50.8 Å². The standard InChI is InChI=1S/C22H27F2N5O6S/c1-13-20(12-28(27-13)21(23)24)36(32,33)29-11-17(10-25-14(2)30)34-19-8-7-15(9-18(19)29)26-22(31)35-16-5-3-4-6-16/h7-9,12,16-17,21H,3-6,10-11H2,1-2H3,(H,25,30)(H,26,31)/t17-/m0/s1. The van der Waals surface area contributed by atoms with E-state index in [-0.39, 0.29) is 52.6 Å². The second-order valence-electron chi connectivity index (χ2n) is 8.67. The monoisotopic (exact) mass is 527 g/mol. The first kappa shape index (κ1) is 25.7. The van der Waals surface area contributed by atoms with Gasteiger partial charge in [0.2, 0.25) is 5.91 Å². The van der Waals surface area contributed by atoms with E-state index in [1.807, 2.05) is 0 Å². The van der Waals surface area contributed by atoms with Crippen LogP contribution in [0.4, 0.5) is 25.0 Å². The first-order chi connectivity index (χ1) is 17.0. The summed E-state index contributed by atoms with van der Waals surface area (Å²) in [6.07, 6.45) is 2.75. The Hall–Kier alpha value is -3.42. The van der Waals surface area contributed by atoms with Crippen molar-refractivity contribution in [1.82, 2.24) is 15.1 Å². The van der Waals surface area contributed by atoms with E-state index < -0.39 is 33.7 Å². The summed E-state index contributed by atoms with van der Waals surface area (Å²) in [5, 5.41) is 8.80. The Morgan fingerprint density at radius 3 is 2.64 bits per heavy atom. The lowest BCUT2D eigenvalue weighted by atomic mass is 10.2. The van der Waals surface area contributed by atoms with Crippen molar-refractivity contribution in [3.8, 4) is 5.75 Å². The molecule has 1 atom stereocenters. The van der Waals surface area contributed by atoms with Crippen molar-refractivity contribution in [2.45, 2.75) is 63.2 Å². The highest BCUT2D eigenvalue weighted by Gasteiger charge is 2.37. The van der Waals surface area contributed by atoms with E-state index in [9.17, 15) is 26.8 Å². The zero-order valence-corrected chi connectivity index (χ0v) is 20.6. The molecule has 1 fully saturated rings. The fourth-order valence-corrected chi connectivity index (χ4v) is 5.88. The quantitative estimate of drug-likeness (QED) is 0.565. The highest BCUT2D eigenvalue weighted by atomic mass is 32.2. The number of fused-ring (bicyclic) bond motifs is 1. The molecule has 1 aliphatic heterocycles. The van der Waals surface area contributed by atoms with Crippen LogP contribution in [0.25, 0.3) is 0 Å². The molecule has 1 aliphatic carbocycles. The van der Waals surface area contributed by atoms with Crippen molar-refractivity contribution in [3.05, 3.63) is 30.1 Å². The summed E-state index contributed by atoms with van der Waals surface area (Å²) in [5.41, 5.74) is 0.258. The summed E-state index contributed by atoms with van der Waals surface area (Å²) < 4.78 is 66.1. The zero-order chi connectivity index (χ0) is 26.0. The Morgan fingerprint density at radius 1 is 1.28 bits per heavy atom. The summed E-state index contributed by atoms with van der Waals surface area (Å²) in [6.45, 7) is -0.581. The third kappa shape index (κ3) is 5.53. The molecular formula is C22H27F2N5O6S. The number of benzene rings is 1. The average molecular weight is 528 g/mol. The molecule has 0 bridgehead atoms. The molecule has 11 nitrogen and oxygen atoms in total. The third-order valence-corrected chi connectivity index (χ3v) is 7.81. The number of amides is 2. The Labute approximate surface area is 206 Å². The lowest BCUT2D eigenvalue weighted by molar-refractivity contribution is -0.119. The number of halogens is 2. The number of hydrogen-bond acceptors (Lipinski definition) is 7. The Morgan fingerprint density at radius 2 is 2.00 bits per heavy atom. The van der Waals surface area contributed by atoms with Gasteiger partial charge in [-0.3, -0.25) is 14.4 Å². The van der Waals surface area contributed by atoms with Crippen LogP contribution in [0.2, 0.25) is 0 Å². The van der Waals surface area contributed by atoms with E-state index in [4.69, 9.17) is 9.47 Å². The van der Waals surface area contributed by atoms with Crippen LogP contribution < -0.4 is 19.7 Å². The van der Waals surface area contributed by atoms with E-state index in [1.54, 1.807) is 0 Å². The number of carbonyl (C=O) groups excluding carboxylic acids is 2. The lowest BCUT2D eigenvalue weighted by Gasteiger charge is -2.35. The highest BCUT2D eigenvalue weighted by Crippen LogP contribution is 2.39. The molecule has 0 spiro atoms. The summed E-state index contributed by atoms with van der Waals surface area (Å²) >= 11 is 0. The third-order valence-electron chi connectivity index (χ3n) is 5.93.